The van der Waals surface area contributed by atoms with Gasteiger partial charge in [0, 0.05) is 5.56 Å². The van der Waals surface area contributed by atoms with Crippen LogP contribution >= 0.6 is 23.2 Å². The lowest BCUT2D eigenvalue weighted by molar-refractivity contribution is 0.0997. The van der Waals surface area contributed by atoms with Gasteiger partial charge in [-0.25, -0.2) is 0 Å². The molecule has 0 spiro atoms. The van der Waals surface area contributed by atoms with Crippen LogP contribution < -0.4 is 4.90 Å². The number of carbonyl (C=O) groups excluding carboxylic acids is 1. The van der Waals surface area contributed by atoms with E-state index in [1.54, 1.807) is 29.7 Å². The zero-order chi connectivity index (χ0) is 15.9. The van der Waals surface area contributed by atoms with Crippen molar-refractivity contribution in [2.45, 2.75) is 4.90 Å². The number of anilines is 1. The fourth-order valence-electron chi connectivity index (χ4n) is 2.11. The maximum absolute atomic E-state index is 12.7. The van der Waals surface area contributed by atoms with Crippen LogP contribution in [0.25, 0.3) is 0 Å². The molecule has 0 aromatic heterocycles. The minimum absolute atomic E-state index is 0.00651. The minimum Gasteiger partial charge on any atom is -0.505 e. The first-order valence-corrected chi connectivity index (χ1v) is 8.20. The number of benzene rings is 2. The number of para-hydroxylation sites is 1. The van der Waals surface area contributed by atoms with Gasteiger partial charge >= 0.3 is 0 Å². The second-order valence-corrected chi connectivity index (χ2v) is 6.69. The number of hydrogen-bond donors (Lipinski definition) is 2. The van der Waals surface area contributed by atoms with E-state index in [9.17, 15) is 14.5 Å². The standard InChI is InChI=1S/C15H9Cl2NO3S/c16-10-7-9(8-11(17)14(10)19)15(20)18-5-6-22(21)13-4-2-1-3-12(13)18/h1-8,21H/p+1. The Balaban J connectivity index is 2.05. The van der Waals surface area contributed by atoms with Crippen molar-refractivity contribution in [2.24, 2.45) is 0 Å². The number of nitrogens with zero attached hydrogens (tertiary/aromatic N) is 1. The van der Waals surface area contributed by atoms with Gasteiger partial charge in [0.1, 0.15) is 5.69 Å². The summed E-state index contributed by atoms with van der Waals surface area (Å²) >= 11 is 10.7. The zero-order valence-electron chi connectivity index (χ0n) is 11.0. The molecule has 1 aliphatic heterocycles. The number of fused-ring (bicyclic) bond motifs is 1. The Hall–Kier alpha value is -1.66. The summed E-state index contributed by atoms with van der Waals surface area (Å²) in [7, 11) is 0. The van der Waals surface area contributed by atoms with E-state index in [0.29, 0.717) is 10.6 Å². The zero-order valence-corrected chi connectivity index (χ0v) is 13.4. The summed E-state index contributed by atoms with van der Waals surface area (Å²) in [4.78, 5) is 14.8. The van der Waals surface area contributed by atoms with Gasteiger partial charge in [-0.15, -0.1) is 0 Å². The predicted molar refractivity (Wildman–Crippen MR) is 88.8 cm³/mol. The van der Waals surface area contributed by atoms with E-state index in [1.807, 2.05) is 0 Å². The first-order valence-electron chi connectivity index (χ1n) is 6.20. The molecule has 112 valence electrons. The molecule has 4 nitrogen and oxygen atoms in total. The highest BCUT2D eigenvalue weighted by Gasteiger charge is 2.32. The molecular weight excluding hydrogens is 345 g/mol. The Morgan fingerprint density at radius 1 is 1.14 bits per heavy atom. The maximum atomic E-state index is 12.7. The molecule has 1 unspecified atom stereocenters. The highest BCUT2D eigenvalue weighted by atomic mass is 35.5. The van der Waals surface area contributed by atoms with Crippen LogP contribution in [0.2, 0.25) is 10.0 Å². The SMILES string of the molecule is O=C(c1cc(Cl)c(O)c(Cl)c1)N1C=C[S+](O)c2ccccc21. The number of rotatable bonds is 1. The van der Waals surface area contributed by atoms with Crippen LogP contribution in [0.15, 0.2) is 52.9 Å². The lowest BCUT2D eigenvalue weighted by atomic mass is 10.1. The molecule has 1 heterocycles. The number of aromatic hydroxyl groups is 1. The molecule has 22 heavy (non-hydrogen) atoms. The molecular formula is C15H10Cl2NO3S+. The minimum atomic E-state index is -1.04. The number of phenols is 1. The topological polar surface area (TPSA) is 60.8 Å². The van der Waals surface area contributed by atoms with Crippen LogP contribution in [0.4, 0.5) is 5.69 Å². The normalized spacial score (nSPS) is 16.5. The third-order valence-electron chi connectivity index (χ3n) is 3.17. The Morgan fingerprint density at radius 3 is 2.45 bits per heavy atom. The van der Waals surface area contributed by atoms with E-state index < -0.39 is 11.2 Å². The summed E-state index contributed by atoms with van der Waals surface area (Å²) in [6.45, 7) is 0. The summed E-state index contributed by atoms with van der Waals surface area (Å²) in [5.74, 6) is -0.615. The average molecular weight is 355 g/mol. The summed E-state index contributed by atoms with van der Waals surface area (Å²) in [6, 6.07) is 9.80. The molecule has 0 aliphatic carbocycles. The van der Waals surface area contributed by atoms with Gasteiger partial charge in [0.15, 0.2) is 11.2 Å². The number of hydrogen-bond acceptors (Lipinski definition) is 3. The van der Waals surface area contributed by atoms with E-state index in [0.717, 1.165) is 0 Å². The number of amides is 1. The van der Waals surface area contributed by atoms with E-state index in [-0.39, 0.29) is 27.3 Å². The Kier molecular flexibility index (Phi) is 4.06. The average Bonchev–Trinajstić information content (AvgIpc) is 2.52. The smallest absolute Gasteiger partial charge is 0.262 e. The monoisotopic (exact) mass is 354 g/mol. The van der Waals surface area contributed by atoms with Crippen LogP contribution in [-0.4, -0.2) is 15.6 Å². The van der Waals surface area contributed by atoms with Gasteiger partial charge in [-0.05, 0) is 24.3 Å². The van der Waals surface area contributed by atoms with Gasteiger partial charge in [0.25, 0.3) is 5.91 Å². The molecule has 0 radical (unpaired) electrons. The first-order chi connectivity index (χ1) is 10.5. The summed E-state index contributed by atoms with van der Waals surface area (Å²) in [5, 5.41) is 11.1. The van der Waals surface area contributed by atoms with E-state index in [1.165, 1.54) is 23.2 Å². The van der Waals surface area contributed by atoms with Crippen molar-refractivity contribution in [3.8, 4) is 5.75 Å². The molecule has 1 amide bonds. The fourth-order valence-corrected chi connectivity index (χ4v) is 3.58. The molecule has 0 saturated heterocycles. The Bertz CT molecular complexity index is 771. The van der Waals surface area contributed by atoms with Crippen LogP contribution in [-0.2, 0) is 11.2 Å². The first kappa shape index (κ1) is 15.2. The van der Waals surface area contributed by atoms with Crippen molar-refractivity contribution in [1.82, 2.24) is 0 Å². The van der Waals surface area contributed by atoms with E-state index >= 15 is 0 Å². The van der Waals surface area contributed by atoms with Gasteiger partial charge in [0.2, 0.25) is 16.1 Å². The largest absolute Gasteiger partial charge is 0.505 e. The van der Waals surface area contributed by atoms with Crippen LogP contribution in [0, 0.1) is 0 Å². The molecule has 2 aromatic rings. The molecule has 0 fully saturated rings. The molecule has 7 heteroatoms. The van der Waals surface area contributed by atoms with Crippen LogP contribution in [0.3, 0.4) is 0 Å². The number of carbonyl (C=O) groups is 1. The molecule has 2 aromatic carbocycles. The lowest BCUT2D eigenvalue weighted by Crippen LogP contribution is -2.29. The van der Waals surface area contributed by atoms with Gasteiger partial charge in [-0.2, -0.15) is 4.55 Å². The van der Waals surface area contributed by atoms with Crippen LogP contribution in [0.5, 0.6) is 5.75 Å². The molecule has 0 bridgehead atoms. The lowest BCUT2D eigenvalue weighted by Gasteiger charge is -2.21. The second kappa shape index (κ2) is 5.85. The number of halogens is 2. The van der Waals surface area contributed by atoms with Crippen molar-refractivity contribution in [1.29, 1.82) is 0 Å². The molecule has 2 N–H and O–H groups in total. The highest BCUT2D eigenvalue weighted by molar-refractivity contribution is 7.94. The summed E-state index contributed by atoms with van der Waals surface area (Å²) in [6.07, 6.45) is 1.52. The quantitative estimate of drug-likeness (QED) is 0.751. The second-order valence-electron chi connectivity index (χ2n) is 4.53. The summed E-state index contributed by atoms with van der Waals surface area (Å²) < 4.78 is 9.98. The molecule has 1 atom stereocenters. The Morgan fingerprint density at radius 2 is 1.77 bits per heavy atom. The highest BCUT2D eigenvalue weighted by Crippen LogP contribution is 2.35. The molecule has 1 aliphatic rings. The third-order valence-corrected chi connectivity index (χ3v) is 4.92. The van der Waals surface area contributed by atoms with Crippen molar-refractivity contribution >= 4 is 46.0 Å². The Labute approximate surface area is 139 Å². The van der Waals surface area contributed by atoms with E-state index in [4.69, 9.17) is 23.2 Å². The maximum Gasteiger partial charge on any atom is 0.262 e. The van der Waals surface area contributed by atoms with Crippen molar-refractivity contribution < 1.29 is 14.5 Å². The summed E-state index contributed by atoms with van der Waals surface area (Å²) in [5.41, 5.74) is 0.841. The number of phenolic OH excluding ortho intramolecular Hbond substituents is 1. The van der Waals surface area contributed by atoms with Gasteiger partial charge in [0.05, 0.1) is 16.2 Å². The van der Waals surface area contributed by atoms with Crippen LogP contribution in [0.1, 0.15) is 10.4 Å². The molecule has 3 rings (SSSR count). The van der Waals surface area contributed by atoms with Crippen molar-refractivity contribution in [3.05, 3.63) is 63.6 Å². The van der Waals surface area contributed by atoms with Crippen molar-refractivity contribution in [3.63, 3.8) is 0 Å². The van der Waals surface area contributed by atoms with E-state index in [2.05, 4.69) is 0 Å². The fraction of sp³-hybridized carbons (Fsp3) is 0. The van der Waals surface area contributed by atoms with Gasteiger partial charge in [-0.3, -0.25) is 9.69 Å². The van der Waals surface area contributed by atoms with Crippen molar-refractivity contribution in [2.75, 3.05) is 4.90 Å². The van der Waals surface area contributed by atoms with Gasteiger partial charge < -0.3 is 5.11 Å². The molecule has 0 saturated carbocycles. The third kappa shape index (κ3) is 2.57. The predicted octanol–water partition coefficient (Wildman–Crippen LogP) is 4.28. The van der Waals surface area contributed by atoms with Gasteiger partial charge in [-0.1, -0.05) is 35.3 Å².